The van der Waals surface area contributed by atoms with Crippen LogP contribution in [0, 0.1) is 5.41 Å². The minimum Gasteiger partial charge on any atom is -0.481 e. The number of nitrogens with zero attached hydrogens (tertiary/aromatic N) is 1. The van der Waals surface area contributed by atoms with E-state index < -0.39 is 17.5 Å². The summed E-state index contributed by atoms with van der Waals surface area (Å²) in [4.78, 5) is 37.5. The van der Waals surface area contributed by atoms with E-state index >= 15 is 0 Å². The van der Waals surface area contributed by atoms with Crippen molar-refractivity contribution in [3.63, 3.8) is 0 Å². The van der Waals surface area contributed by atoms with Crippen LogP contribution in [0.25, 0.3) is 0 Å². The summed E-state index contributed by atoms with van der Waals surface area (Å²) in [6.07, 6.45) is 9.37. The van der Waals surface area contributed by atoms with Crippen molar-refractivity contribution in [3.05, 3.63) is 97.9 Å². The molecule has 17 heteroatoms. The number of nitrogens with two attached hydrogens (primary N) is 2. The number of hydrogen-bond donors (Lipinski definition) is 7. The van der Waals surface area contributed by atoms with Crippen molar-refractivity contribution >= 4 is 101 Å². The second-order valence-electron chi connectivity index (χ2n) is 14.1. The van der Waals surface area contributed by atoms with Gasteiger partial charge in [0.2, 0.25) is 0 Å². The molecular weight excluding hydrogens is 869 g/mol. The topological polar surface area (TPSA) is 192 Å². The molecule has 322 valence electrons. The number of halogens is 6. The van der Waals surface area contributed by atoms with Crippen LogP contribution in [0.2, 0.25) is 20.1 Å². The van der Waals surface area contributed by atoms with E-state index in [1.165, 1.54) is 6.42 Å². The normalized spacial score (nSPS) is 18.3. The van der Waals surface area contributed by atoms with Crippen LogP contribution in [0.1, 0.15) is 87.7 Å². The zero-order chi connectivity index (χ0) is 41.1. The Hall–Kier alpha value is -2.84. The predicted molar refractivity (Wildman–Crippen MR) is 243 cm³/mol. The van der Waals surface area contributed by atoms with Gasteiger partial charge >= 0.3 is 11.9 Å². The van der Waals surface area contributed by atoms with Crippen molar-refractivity contribution in [2.75, 3.05) is 38.5 Å². The van der Waals surface area contributed by atoms with Crippen LogP contribution < -0.4 is 27.4 Å². The van der Waals surface area contributed by atoms with Gasteiger partial charge in [0.1, 0.15) is 5.54 Å². The molecule has 3 aromatic carbocycles. The molecule has 0 radical (unpaired) electrons. The van der Waals surface area contributed by atoms with Crippen LogP contribution in [0.4, 0.5) is 5.69 Å². The minimum absolute atomic E-state index is 0. The van der Waals surface area contributed by atoms with Crippen molar-refractivity contribution in [1.82, 2.24) is 10.6 Å². The van der Waals surface area contributed by atoms with Crippen molar-refractivity contribution in [1.29, 1.82) is 0 Å². The first kappa shape index (κ1) is 53.2. The third-order valence-corrected chi connectivity index (χ3v) is 11.5. The van der Waals surface area contributed by atoms with E-state index in [1.807, 2.05) is 43.4 Å². The molecule has 0 amide bonds. The Labute approximate surface area is 374 Å². The standard InChI is InChI=1S/C13H16ClNO.C10H12ClNO2.C9H9Cl2N3.C9H17NO2.2ClH/c1-15-13(9-5-4-8-12(13)16)10-6-2-3-7-11(10)14;11-9-3-1-7(2-4-9)8(6-12)5-10(13)14;10-6-2-1-3-7(11)8(6)14-9-12-4-5-13-9;10-7-9(6-8(11)12)4-2-1-3-5-9;;/h2-3,6-7,15H,4-5,8-9H2,1H3;1-4,8H,5-6,12H2,(H,13,14);1-3H,4-5H2,(H2,12,13,14);1-7,10H2,(H,11,12);2*1H. The molecular formula is C41H56Cl6N6O5. The lowest BCUT2D eigenvalue weighted by Crippen LogP contribution is -2.49. The molecule has 2 saturated carbocycles. The van der Waals surface area contributed by atoms with Gasteiger partial charge in [-0.15, -0.1) is 24.8 Å². The van der Waals surface area contributed by atoms with E-state index in [0.29, 0.717) is 45.3 Å². The minimum atomic E-state index is -0.838. The van der Waals surface area contributed by atoms with Crippen LogP contribution in [0.3, 0.4) is 0 Å². The molecule has 3 aromatic rings. The third-order valence-electron chi connectivity index (χ3n) is 10.2. The van der Waals surface area contributed by atoms with Gasteiger partial charge in [0, 0.05) is 28.9 Å². The van der Waals surface area contributed by atoms with Gasteiger partial charge in [-0.3, -0.25) is 19.4 Å². The number of Topliss-reactive ketones (excluding diaryl/α,β-unsaturated/α-hetero) is 1. The third kappa shape index (κ3) is 16.3. The maximum atomic E-state index is 12.2. The molecule has 11 nitrogen and oxygen atoms in total. The van der Waals surface area contributed by atoms with Crippen molar-refractivity contribution in [2.45, 2.75) is 82.1 Å². The number of hydrogen-bond acceptors (Lipinski definition) is 9. The number of anilines is 1. The maximum absolute atomic E-state index is 12.2. The largest absolute Gasteiger partial charge is 0.481 e. The summed E-state index contributed by atoms with van der Waals surface area (Å²) in [5.74, 6) is -0.697. The van der Waals surface area contributed by atoms with Gasteiger partial charge in [-0.05, 0) is 92.7 Å². The quantitative estimate of drug-likeness (QED) is 0.103. The Morgan fingerprint density at radius 2 is 1.43 bits per heavy atom. The van der Waals surface area contributed by atoms with Crippen LogP contribution in [0.15, 0.2) is 71.7 Å². The fraction of sp³-hybridized carbons (Fsp3) is 0.463. The first-order valence-electron chi connectivity index (χ1n) is 18.9. The predicted octanol–water partition coefficient (Wildman–Crippen LogP) is 9.33. The van der Waals surface area contributed by atoms with Crippen molar-refractivity contribution < 1.29 is 24.6 Å². The highest BCUT2D eigenvalue weighted by atomic mass is 35.5. The number of carboxylic acid groups (broad SMARTS) is 2. The van der Waals surface area contributed by atoms with Gasteiger partial charge < -0.3 is 37.6 Å². The monoisotopic (exact) mass is 922 g/mol. The number of benzene rings is 3. The molecule has 6 rings (SSSR count). The molecule has 3 aliphatic rings. The molecule has 2 aliphatic carbocycles. The van der Waals surface area contributed by atoms with Gasteiger partial charge in [0.05, 0.1) is 35.1 Å². The lowest BCUT2D eigenvalue weighted by molar-refractivity contribution is -0.140. The molecule has 2 atom stereocenters. The van der Waals surface area contributed by atoms with E-state index in [9.17, 15) is 14.4 Å². The number of ketones is 1. The maximum Gasteiger partial charge on any atom is 0.304 e. The van der Waals surface area contributed by atoms with Gasteiger partial charge in [0.25, 0.3) is 0 Å². The van der Waals surface area contributed by atoms with Gasteiger partial charge in [-0.25, -0.2) is 0 Å². The van der Waals surface area contributed by atoms with Crippen LogP contribution in [-0.2, 0) is 19.9 Å². The Kier molecular flexibility index (Phi) is 24.8. The number of rotatable bonds is 10. The first-order valence-corrected chi connectivity index (χ1v) is 20.4. The zero-order valence-electron chi connectivity index (χ0n) is 32.6. The summed E-state index contributed by atoms with van der Waals surface area (Å²) >= 11 is 23.9. The highest BCUT2D eigenvalue weighted by Crippen LogP contribution is 2.39. The van der Waals surface area contributed by atoms with Crippen LogP contribution in [0.5, 0.6) is 0 Å². The number of para-hydroxylation sites is 1. The number of guanidine groups is 1. The van der Waals surface area contributed by atoms with Gasteiger partial charge in [0.15, 0.2) is 11.7 Å². The molecule has 9 N–H and O–H groups in total. The molecule has 1 aliphatic heterocycles. The molecule has 2 fully saturated rings. The highest BCUT2D eigenvalue weighted by molar-refractivity contribution is 6.39. The van der Waals surface area contributed by atoms with E-state index in [1.54, 1.807) is 30.3 Å². The Bertz CT molecular complexity index is 1740. The van der Waals surface area contributed by atoms with Crippen LogP contribution >= 0.6 is 71.2 Å². The summed E-state index contributed by atoms with van der Waals surface area (Å²) in [7, 11) is 1.84. The fourth-order valence-corrected chi connectivity index (χ4v) is 8.01. The van der Waals surface area contributed by atoms with Crippen molar-refractivity contribution in [3.8, 4) is 0 Å². The van der Waals surface area contributed by atoms with Crippen molar-refractivity contribution in [2.24, 2.45) is 21.9 Å². The molecule has 0 bridgehead atoms. The summed E-state index contributed by atoms with van der Waals surface area (Å²) in [5.41, 5.74) is 13.0. The van der Waals surface area contributed by atoms with Gasteiger partial charge in [-0.1, -0.05) is 108 Å². The highest BCUT2D eigenvalue weighted by Gasteiger charge is 2.41. The van der Waals surface area contributed by atoms with E-state index in [2.05, 4.69) is 20.9 Å². The molecule has 0 aromatic heterocycles. The number of likely N-dealkylation sites (N-methyl/N-ethyl adjacent to an activating group) is 1. The number of aliphatic carboxylic acids is 2. The fourth-order valence-electron chi connectivity index (χ4n) is 7.10. The number of carbonyl (C=O) groups excluding carboxylic acids is 1. The Morgan fingerprint density at radius 3 is 1.93 bits per heavy atom. The first-order chi connectivity index (χ1) is 26.8. The molecule has 2 unspecified atom stereocenters. The number of carboxylic acids is 2. The molecule has 0 spiro atoms. The number of carbonyl (C=O) groups is 3. The summed E-state index contributed by atoms with van der Waals surface area (Å²) in [6.45, 7) is 2.49. The summed E-state index contributed by atoms with van der Waals surface area (Å²) in [5, 5.41) is 29.2. The average Bonchev–Trinajstić information content (AvgIpc) is 3.71. The summed E-state index contributed by atoms with van der Waals surface area (Å²) < 4.78 is 0. The van der Waals surface area contributed by atoms with Crippen LogP contribution in [-0.4, -0.2) is 67.1 Å². The number of nitrogens with one attached hydrogen (secondary N) is 3. The Morgan fingerprint density at radius 1 is 0.828 bits per heavy atom. The van der Waals surface area contributed by atoms with E-state index in [4.69, 9.17) is 68.1 Å². The zero-order valence-corrected chi connectivity index (χ0v) is 37.2. The summed E-state index contributed by atoms with van der Waals surface area (Å²) in [6, 6.07) is 20.1. The second kappa shape index (κ2) is 27.1. The average molecular weight is 926 g/mol. The Balaban J connectivity index is 0.000000384. The lowest BCUT2D eigenvalue weighted by Gasteiger charge is -2.36. The lowest BCUT2D eigenvalue weighted by atomic mass is 9.72. The van der Waals surface area contributed by atoms with Gasteiger partial charge in [-0.2, -0.15) is 0 Å². The molecule has 0 saturated heterocycles. The molecule has 1 heterocycles. The second-order valence-corrected chi connectivity index (χ2v) is 15.7. The molecule has 58 heavy (non-hydrogen) atoms. The number of aliphatic imine (C=N–C) groups is 1. The van der Waals surface area contributed by atoms with E-state index in [-0.39, 0.29) is 54.8 Å². The SMILES string of the molecule is CNC1(c2ccccc2Cl)CCCCC1=O.Cl.Cl.Clc1cccc(Cl)c1NC1=NCCN1.NCC(CC(=O)O)c1ccc(Cl)cc1.NCC1(CC(=O)O)CCCCC1. The van der Waals surface area contributed by atoms with E-state index in [0.717, 1.165) is 75.1 Å². The smallest absolute Gasteiger partial charge is 0.304 e.